The lowest BCUT2D eigenvalue weighted by Gasteiger charge is -2.13. The molecule has 0 saturated heterocycles. The molecule has 0 heterocycles. The van der Waals surface area contributed by atoms with Gasteiger partial charge in [-0.05, 0) is 29.7 Å². The van der Waals surface area contributed by atoms with Gasteiger partial charge in [0.25, 0.3) is 5.78 Å². The molecule has 0 aliphatic heterocycles. The molecule has 94 valence electrons. The van der Waals surface area contributed by atoms with Gasteiger partial charge in [0, 0.05) is 5.56 Å². The number of Topliss-reactive ketones (excluding diaryl/α,β-unsaturated/α-hetero) is 1. The first-order valence-corrected chi connectivity index (χ1v) is 5.06. The Morgan fingerprint density at radius 3 is 2.29 bits per heavy atom. The lowest BCUT2D eigenvalue weighted by Crippen LogP contribution is -2.22. The summed E-state index contributed by atoms with van der Waals surface area (Å²) in [5.74, 6) is -1.37. The van der Waals surface area contributed by atoms with Crippen molar-refractivity contribution in [1.29, 1.82) is 0 Å². The van der Waals surface area contributed by atoms with Gasteiger partial charge in [-0.25, -0.2) is 0 Å². The van der Waals surface area contributed by atoms with E-state index < -0.39 is 12.0 Å². The zero-order valence-corrected chi connectivity index (χ0v) is 9.76. The van der Waals surface area contributed by atoms with Crippen molar-refractivity contribution in [1.82, 2.24) is 0 Å². The van der Waals surface area contributed by atoms with Crippen molar-refractivity contribution in [3.8, 4) is 5.75 Å². The predicted octanol–water partition coefficient (Wildman–Crippen LogP) is 3.56. The number of ether oxygens (including phenoxy) is 1. The lowest BCUT2D eigenvalue weighted by atomic mass is 9.98. The zero-order chi connectivity index (χ0) is 13.2. The maximum Gasteiger partial charge on any atom is 0.454 e. The summed E-state index contributed by atoms with van der Waals surface area (Å²) in [5, 5.41) is 0. The minimum atomic E-state index is -4.84. The highest BCUT2D eigenvalue weighted by molar-refractivity contribution is 6.00. The van der Waals surface area contributed by atoms with Crippen molar-refractivity contribution >= 4 is 5.78 Å². The van der Waals surface area contributed by atoms with E-state index in [0.29, 0.717) is 11.3 Å². The van der Waals surface area contributed by atoms with Crippen molar-refractivity contribution in [3.63, 3.8) is 0 Å². The molecule has 0 amide bonds. The molecule has 0 aliphatic rings. The quantitative estimate of drug-likeness (QED) is 0.762. The van der Waals surface area contributed by atoms with Gasteiger partial charge >= 0.3 is 6.18 Å². The minimum absolute atomic E-state index is 0.0223. The molecular formula is C12H13F3O2. The molecule has 0 fully saturated rings. The van der Waals surface area contributed by atoms with Gasteiger partial charge in [-0.15, -0.1) is 0 Å². The van der Waals surface area contributed by atoms with Gasteiger partial charge in [-0.3, -0.25) is 4.79 Å². The molecule has 0 aromatic heterocycles. The summed E-state index contributed by atoms with van der Waals surface area (Å²) in [6.07, 6.45) is -4.84. The third kappa shape index (κ3) is 2.99. The Kier molecular flexibility index (Phi) is 3.80. The standard InChI is InChI=1S/C12H13F3O2/c1-7(2)9-6-8(4-5-10(9)17-3)11(16)12(13,14)15/h4-7H,1-3H3. The molecule has 0 unspecified atom stereocenters. The van der Waals surface area contributed by atoms with E-state index in [0.717, 1.165) is 6.07 Å². The van der Waals surface area contributed by atoms with Crippen LogP contribution in [0.4, 0.5) is 13.2 Å². The topological polar surface area (TPSA) is 26.3 Å². The molecule has 5 heteroatoms. The molecule has 1 aromatic carbocycles. The van der Waals surface area contributed by atoms with Gasteiger partial charge < -0.3 is 4.74 Å². The fraction of sp³-hybridized carbons (Fsp3) is 0.417. The van der Waals surface area contributed by atoms with Crippen LogP contribution in [0.5, 0.6) is 5.75 Å². The first-order valence-electron chi connectivity index (χ1n) is 5.06. The number of halogens is 3. The van der Waals surface area contributed by atoms with Crippen molar-refractivity contribution < 1.29 is 22.7 Å². The highest BCUT2D eigenvalue weighted by Crippen LogP contribution is 2.30. The summed E-state index contributed by atoms with van der Waals surface area (Å²) >= 11 is 0. The number of hydrogen-bond acceptors (Lipinski definition) is 2. The maximum atomic E-state index is 12.3. The van der Waals surface area contributed by atoms with Crippen LogP contribution in [-0.4, -0.2) is 19.1 Å². The molecule has 0 bridgehead atoms. The van der Waals surface area contributed by atoms with Crippen LogP contribution in [-0.2, 0) is 0 Å². The smallest absolute Gasteiger partial charge is 0.454 e. The van der Waals surface area contributed by atoms with E-state index in [1.165, 1.54) is 19.2 Å². The normalized spacial score (nSPS) is 11.7. The molecular weight excluding hydrogens is 233 g/mol. The number of hydrogen-bond donors (Lipinski definition) is 0. The molecule has 0 atom stereocenters. The summed E-state index contributed by atoms with van der Waals surface area (Å²) in [6, 6.07) is 3.74. The molecule has 1 aromatic rings. The fourth-order valence-electron chi connectivity index (χ4n) is 1.49. The number of methoxy groups -OCH3 is 1. The van der Waals surface area contributed by atoms with Gasteiger partial charge in [0.15, 0.2) is 0 Å². The monoisotopic (exact) mass is 246 g/mol. The van der Waals surface area contributed by atoms with Gasteiger partial charge in [0.1, 0.15) is 5.75 Å². The molecule has 0 spiro atoms. The molecule has 0 N–H and O–H groups in total. The molecule has 0 radical (unpaired) electrons. The molecule has 17 heavy (non-hydrogen) atoms. The SMILES string of the molecule is COc1ccc(C(=O)C(F)(F)F)cc1C(C)C. The molecule has 1 rings (SSSR count). The van der Waals surface area contributed by atoms with Crippen LogP contribution in [0.3, 0.4) is 0 Å². The number of alkyl halides is 3. The minimum Gasteiger partial charge on any atom is -0.496 e. The number of benzene rings is 1. The number of ketones is 1. The zero-order valence-electron chi connectivity index (χ0n) is 9.76. The van der Waals surface area contributed by atoms with E-state index >= 15 is 0 Å². The molecule has 2 nitrogen and oxygen atoms in total. The third-order valence-electron chi connectivity index (χ3n) is 2.37. The fourth-order valence-corrected chi connectivity index (χ4v) is 1.49. The summed E-state index contributed by atoms with van der Waals surface area (Å²) < 4.78 is 41.8. The number of rotatable bonds is 3. The molecule has 0 aliphatic carbocycles. The van der Waals surface area contributed by atoms with Crippen molar-refractivity contribution in [2.45, 2.75) is 25.9 Å². The highest BCUT2D eigenvalue weighted by Gasteiger charge is 2.39. The first kappa shape index (κ1) is 13.5. The van der Waals surface area contributed by atoms with Crippen molar-refractivity contribution in [3.05, 3.63) is 29.3 Å². The highest BCUT2D eigenvalue weighted by atomic mass is 19.4. The van der Waals surface area contributed by atoms with E-state index in [4.69, 9.17) is 4.74 Å². The average Bonchev–Trinajstić information content (AvgIpc) is 2.25. The second kappa shape index (κ2) is 4.77. The van der Waals surface area contributed by atoms with E-state index in [-0.39, 0.29) is 11.5 Å². The van der Waals surface area contributed by atoms with Gasteiger partial charge in [0.05, 0.1) is 7.11 Å². The second-order valence-electron chi connectivity index (χ2n) is 3.94. The van der Waals surface area contributed by atoms with Gasteiger partial charge in [0.2, 0.25) is 0 Å². The first-order chi connectivity index (χ1) is 7.77. The van der Waals surface area contributed by atoms with Crippen LogP contribution >= 0.6 is 0 Å². The maximum absolute atomic E-state index is 12.3. The van der Waals surface area contributed by atoms with Crippen LogP contribution in [0.25, 0.3) is 0 Å². The molecule has 0 saturated carbocycles. The summed E-state index contributed by atoms with van der Waals surface area (Å²) in [6.45, 7) is 3.64. The average molecular weight is 246 g/mol. The van der Waals surface area contributed by atoms with Crippen molar-refractivity contribution in [2.24, 2.45) is 0 Å². The largest absolute Gasteiger partial charge is 0.496 e. The van der Waals surface area contributed by atoms with E-state index in [9.17, 15) is 18.0 Å². The van der Waals surface area contributed by atoms with Crippen LogP contribution in [0.2, 0.25) is 0 Å². The van der Waals surface area contributed by atoms with Crippen LogP contribution in [0, 0.1) is 0 Å². The summed E-state index contributed by atoms with van der Waals surface area (Å²) in [4.78, 5) is 11.1. The van der Waals surface area contributed by atoms with Crippen LogP contribution < -0.4 is 4.74 Å². The van der Waals surface area contributed by atoms with Gasteiger partial charge in [-0.2, -0.15) is 13.2 Å². The Morgan fingerprint density at radius 1 is 1.29 bits per heavy atom. The van der Waals surface area contributed by atoms with E-state index in [2.05, 4.69) is 0 Å². The Labute approximate surface area is 97.4 Å². The van der Waals surface area contributed by atoms with E-state index in [1.54, 1.807) is 0 Å². The summed E-state index contributed by atoms with van der Waals surface area (Å²) in [7, 11) is 1.44. The van der Waals surface area contributed by atoms with E-state index in [1.807, 2.05) is 13.8 Å². The second-order valence-corrected chi connectivity index (χ2v) is 3.94. The Balaban J connectivity index is 3.22. The van der Waals surface area contributed by atoms with Crippen molar-refractivity contribution in [2.75, 3.05) is 7.11 Å². The summed E-state index contributed by atoms with van der Waals surface area (Å²) in [5.41, 5.74) is 0.226. The number of carbonyl (C=O) groups excluding carboxylic acids is 1. The van der Waals surface area contributed by atoms with Gasteiger partial charge in [-0.1, -0.05) is 13.8 Å². The lowest BCUT2D eigenvalue weighted by molar-refractivity contribution is -0.0885. The number of carbonyl (C=O) groups is 1. The Morgan fingerprint density at radius 2 is 1.88 bits per heavy atom. The van der Waals surface area contributed by atoms with Crippen LogP contribution in [0.15, 0.2) is 18.2 Å². The Hall–Kier alpha value is -1.52. The third-order valence-corrected chi connectivity index (χ3v) is 2.37. The van der Waals surface area contributed by atoms with Crippen LogP contribution in [0.1, 0.15) is 35.7 Å². The predicted molar refractivity (Wildman–Crippen MR) is 57.5 cm³/mol. The Bertz CT molecular complexity index is 422.